The first kappa shape index (κ1) is 14.7. The van der Waals surface area contributed by atoms with Crippen molar-refractivity contribution in [1.29, 1.82) is 0 Å². The van der Waals surface area contributed by atoms with Gasteiger partial charge in [0.25, 0.3) is 0 Å². The van der Waals surface area contributed by atoms with E-state index in [1.165, 1.54) is 0 Å². The Balaban J connectivity index is 2.62. The molecule has 2 aromatic carbocycles. The summed E-state index contributed by atoms with van der Waals surface area (Å²) in [6, 6.07) is 13.4. The van der Waals surface area contributed by atoms with Gasteiger partial charge in [0.15, 0.2) is 0 Å². The van der Waals surface area contributed by atoms with Gasteiger partial charge in [0.2, 0.25) is 5.66 Å². The molecule has 0 aliphatic heterocycles. The van der Waals surface area contributed by atoms with Crippen molar-refractivity contribution in [3.8, 4) is 0 Å². The van der Waals surface area contributed by atoms with Crippen LogP contribution in [-0.4, -0.2) is 14.7 Å². The molecule has 0 spiro atoms. The fourth-order valence-corrected chi connectivity index (χ4v) is 3.77. The number of halogens is 2. The summed E-state index contributed by atoms with van der Waals surface area (Å²) in [5.41, 5.74) is -0.189. The van der Waals surface area contributed by atoms with Gasteiger partial charge < -0.3 is 0 Å². The summed E-state index contributed by atoms with van der Waals surface area (Å²) in [5.74, 6) is 0. The summed E-state index contributed by atoms with van der Waals surface area (Å²) in [6.45, 7) is 0. The average Bonchev–Trinajstić information content (AvgIpc) is 2.33. The standard InChI is InChI=1S/C13H12Cl2O3P/c14-11-7-3-1-5-9(11)13(19(16,17)18)10-6-2-4-8-12(10)15/h1-8,13,16-18H/q+1. The second kappa shape index (κ2) is 5.76. The number of rotatable bonds is 3. The van der Waals surface area contributed by atoms with Crippen molar-refractivity contribution in [3.63, 3.8) is 0 Å². The summed E-state index contributed by atoms with van der Waals surface area (Å²) in [6.07, 6.45) is 0. The predicted molar refractivity (Wildman–Crippen MR) is 78.3 cm³/mol. The number of hydrogen-bond acceptors (Lipinski definition) is 3. The van der Waals surface area contributed by atoms with Crippen LogP contribution in [-0.2, 0) is 0 Å². The van der Waals surface area contributed by atoms with E-state index in [-0.39, 0.29) is 0 Å². The predicted octanol–water partition coefficient (Wildman–Crippen LogP) is 3.82. The molecule has 0 bridgehead atoms. The molecule has 100 valence electrons. The highest BCUT2D eigenvalue weighted by molar-refractivity contribution is 7.59. The molecule has 0 saturated heterocycles. The van der Waals surface area contributed by atoms with Gasteiger partial charge in [0.1, 0.15) is 0 Å². The van der Waals surface area contributed by atoms with E-state index in [1.54, 1.807) is 48.5 Å². The molecule has 2 aromatic rings. The summed E-state index contributed by atoms with van der Waals surface area (Å²) in [4.78, 5) is 29.2. The lowest BCUT2D eigenvalue weighted by molar-refractivity contribution is 0.321. The normalized spacial score (nSPS) is 11.9. The zero-order valence-electron chi connectivity index (χ0n) is 9.74. The first-order valence-electron chi connectivity index (χ1n) is 5.47. The Hall–Kier alpha value is -0.670. The van der Waals surface area contributed by atoms with E-state index >= 15 is 0 Å². The Bertz CT molecular complexity index is 539. The van der Waals surface area contributed by atoms with E-state index in [2.05, 4.69) is 0 Å². The van der Waals surface area contributed by atoms with E-state index in [0.717, 1.165) is 0 Å². The van der Waals surface area contributed by atoms with Crippen molar-refractivity contribution < 1.29 is 14.7 Å². The van der Waals surface area contributed by atoms with Crippen molar-refractivity contribution in [3.05, 3.63) is 69.7 Å². The molecular weight excluding hydrogens is 306 g/mol. The third-order valence-corrected chi connectivity index (χ3v) is 4.68. The van der Waals surface area contributed by atoms with Gasteiger partial charge in [-0.3, -0.25) is 0 Å². The summed E-state index contributed by atoms with van der Waals surface area (Å²) >= 11 is 12.1. The zero-order chi connectivity index (χ0) is 14.0. The van der Waals surface area contributed by atoms with Crippen LogP contribution in [0.15, 0.2) is 48.5 Å². The van der Waals surface area contributed by atoms with Crippen molar-refractivity contribution in [2.45, 2.75) is 5.66 Å². The van der Waals surface area contributed by atoms with Crippen LogP contribution in [0.1, 0.15) is 16.8 Å². The minimum Gasteiger partial charge on any atom is -0.192 e. The molecule has 0 aromatic heterocycles. The fourth-order valence-electron chi connectivity index (χ4n) is 1.93. The molecule has 19 heavy (non-hydrogen) atoms. The number of hydrogen-bond donors (Lipinski definition) is 3. The highest BCUT2D eigenvalue weighted by Crippen LogP contribution is 2.63. The molecule has 0 radical (unpaired) electrons. The van der Waals surface area contributed by atoms with Gasteiger partial charge in [-0.25, -0.2) is 0 Å². The molecule has 0 fully saturated rings. The minimum absolute atomic E-state index is 0.342. The maximum atomic E-state index is 9.74. The van der Waals surface area contributed by atoms with Gasteiger partial charge in [-0.1, -0.05) is 59.6 Å². The molecule has 2 rings (SSSR count). The Morgan fingerprint density at radius 2 is 1.11 bits per heavy atom. The molecule has 6 heteroatoms. The Kier molecular flexibility index (Phi) is 4.46. The minimum atomic E-state index is -4.19. The quantitative estimate of drug-likeness (QED) is 0.754. The SMILES string of the molecule is O[P+](O)(O)C(c1ccccc1Cl)c1ccccc1Cl. The molecule has 0 unspecified atom stereocenters. The van der Waals surface area contributed by atoms with Crippen LogP contribution >= 0.6 is 31.1 Å². The molecule has 0 aliphatic carbocycles. The van der Waals surface area contributed by atoms with Crippen LogP contribution in [0.2, 0.25) is 10.0 Å². The summed E-state index contributed by atoms with van der Waals surface area (Å²) < 4.78 is 0. The van der Waals surface area contributed by atoms with E-state index in [9.17, 15) is 14.7 Å². The van der Waals surface area contributed by atoms with Gasteiger partial charge in [0, 0.05) is 21.2 Å². The van der Waals surface area contributed by atoms with Gasteiger partial charge in [-0.05, 0) is 12.1 Å². The molecule has 0 saturated carbocycles. The van der Waals surface area contributed by atoms with E-state index < -0.39 is 13.6 Å². The van der Waals surface area contributed by atoms with E-state index in [0.29, 0.717) is 21.2 Å². The maximum Gasteiger partial charge on any atom is 0.416 e. The monoisotopic (exact) mass is 317 g/mol. The van der Waals surface area contributed by atoms with Gasteiger partial charge in [-0.2, -0.15) is 14.7 Å². The van der Waals surface area contributed by atoms with Crippen molar-refractivity contribution in [2.75, 3.05) is 0 Å². The fraction of sp³-hybridized carbons (Fsp3) is 0.0769. The maximum absolute atomic E-state index is 9.74. The van der Waals surface area contributed by atoms with Crippen LogP contribution in [0.25, 0.3) is 0 Å². The van der Waals surface area contributed by atoms with Gasteiger partial charge in [0.05, 0.1) is 0 Å². The van der Waals surface area contributed by atoms with Crippen LogP contribution in [0, 0.1) is 0 Å². The molecule has 0 aliphatic rings. The molecular formula is C13H12Cl2O3P+. The molecule has 0 atom stereocenters. The van der Waals surface area contributed by atoms with Crippen LogP contribution < -0.4 is 0 Å². The third-order valence-electron chi connectivity index (χ3n) is 2.75. The lowest BCUT2D eigenvalue weighted by Gasteiger charge is -2.20. The average molecular weight is 318 g/mol. The topological polar surface area (TPSA) is 60.7 Å². The molecule has 3 nitrogen and oxygen atoms in total. The lowest BCUT2D eigenvalue weighted by atomic mass is 10.0. The highest BCUT2D eigenvalue weighted by Gasteiger charge is 2.46. The van der Waals surface area contributed by atoms with Crippen molar-refractivity contribution in [2.24, 2.45) is 0 Å². The van der Waals surface area contributed by atoms with Crippen LogP contribution in [0.4, 0.5) is 0 Å². The zero-order valence-corrected chi connectivity index (χ0v) is 12.1. The van der Waals surface area contributed by atoms with Crippen LogP contribution in [0.3, 0.4) is 0 Å². The Morgan fingerprint density at radius 3 is 1.42 bits per heavy atom. The molecule has 0 heterocycles. The molecule has 0 amide bonds. The Labute approximate surface area is 121 Å². The first-order chi connectivity index (χ1) is 8.91. The van der Waals surface area contributed by atoms with E-state index in [1.807, 2.05) is 0 Å². The second-order valence-electron chi connectivity index (χ2n) is 4.06. The van der Waals surface area contributed by atoms with Crippen molar-refractivity contribution >= 4 is 31.1 Å². The van der Waals surface area contributed by atoms with Crippen LogP contribution in [0.5, 0.6) is 0 Å². The number of benzene rings is 2. The third kappa shape index (κ3) is 3.26. The smallest absolute Gasteiger partial charge is 0.192 e. The lowest BCUT2D eigenvalue weighted by Crippen LogP contribution is -2.08. The highest BCUT2D eigenvalue weighted by atomic mass is 35.5. The van der Waals surface area contributed by atoms with E-state index in [4.69, 9.17) is 23.2 Å². The van der Waals surface area contributed by atoms with Gasteiger partial charge >= 0.3 is 7.94 Å². The summed E-state index contributed by atoms with van der Waals surface area (Å²) in [7, 11) is -4.19. The largest absolute Gasteiger partial charge is 0.416 e. The molecule has 3 N–H and O–H groups in total. The summed E-state index contributed by atoms with van der Waals surface area (Å²) in [5, 5.41) is 0.683. The van der Waals surface area contributed by atoms with Crippen molar-refractivity contribution in [1.82, 2.24) is 0 Å². The second-order valence-corrected chi connectivity index (χ2v) is 6.62. The first-order valence-corrected chi connectivity index (χ1v) is 7.94. The van der Waals surface area contributed by atoms with Gasteiger partial charge in [-0.15, -0.1) is 0 Å². The Morgan fingerprint density at radius 1 is 0.737 bits per heavy atom.